The van der Waals surface area contributed by atoms with E-state index < -0.39 is 22.3 Å². The molecule has 13 heteroatoms. The number of ketones is 1. The van der Waals surface area contributed by atoms with Gasteiger partial charge in [0, 0.05) is 50.9 Å². The summed E-state index contributed by atoms with van der Waals surface area (Å²) in [5.74, 6) is -1.48. The van der Waals surface area contributed by atoms with Gasteiger partial charge in [0.05, 0.1) is 22.2 Å². The first-order valence-electron chi connectivity index (χ1n) is 15.0. The molecule has 2 fully saturated rings. The van der Waals surface area contributed by atoms with Crippen molar-refractivity contribution in [1.29, 1.82) is 0 Å². The molecule has 46 heavy (non-hydrogen) atoms. The lowest BCUT2D eigenvalue weighted by molar-refractivity contribution is -0.384. The van der Waals surface area contributed by atoms with E-state index in [9.17, 15) is 14.9 Å². The number of halogens is 1. The molecule has 4 unspecified atom stereocenters. The highest BCUT2D eigenvalue weighted by atomic mass is 79.9. The molecule has 3 aromatic carbocycles. The molecular formula is C33H27BrN8O4. The van der Waals surface area contributed by atoms with Crippen LogP contribution in [0, 0.1) is 23.0 Å². The molecule has 1 amide bonds. The van der Waals surface area contributed by atoms with Crippen LogP contribution in [-0.4, -0.2) is 58.6 Å². The number of fused-ring (bicyclic) bond motifs is 4. The first kappa shape index (κ1) is 28.5. The zero-order chi connectivity index (χ0) is 31.7. The average molecular weight is 680 g/mol. The van der Waals surface area contributed by atoms with Gasteiger partial charge < -0.3 is 5.32 Å². The van der Waals surface area contributed by atoms with Crippen LogP contribution in [0.15, 0.2) is 89.9 Å². The highest BCUT2D eigenvalue weighted by Crippen LogP contribution is 2.62. The van der Waals surface area contributed by atoms with Crippen LogP contribution < -0.4 is 5.32 Å². The maximum atomic E-state index is 15.1. The third-order valence-corrected chi connectivity index (χ3v) is 10.1. The second kappa shape index (κ2) is 10.5. The van der Waals surface area contributed by atoms with Crippen LogP contribution in [0.5, 0.6) is 0 Å². The fourth-order valence-corrected chi connectivity index (χ4v) is 8.37. The smallest absolute Gasteiger partial charge is 0.270 e. The maximum Gasteiger partial charge on any atom is 0.270 e. The minimum Gasteiger partial charge on any atom is -0.324 e. The number of nitrogens with zero attached hydrogens (tertiary/aromatic N) is 7. The van der Waals surface area contributed by atoms with Gasteiger partial charge in [-0.2, -0.15) is 10.2 Å². The van der Waals surface area contributed by atoms with Crippen LogP contribution in [0.3, 0.4) is 0 Å². The van der Waals surface area contributed by atoms with Gasteiger partial charge in [0.1, 0.15) is 18.2 Å². The SMILES string of the molecule is Cc1nn(-c2ccccc2)c(-n2cncn2)c1C1C2CCCN2C2(C(=O)Nc3ccc(Br)cc32)C1C(=O)c1cccc([N+](=O)[O-])c1. The Morgan fingerprint density at radius 2 is 1.93 bits per heavy atom. The number of Topliss-reactive ketones (excluding diaryl/α,β-unsaturated/α-hetero) is 1. The number of non-ortho nitro benzene ring substituents is 1. The minimum absolute atomic E-state index is 0.177. The number of hydrogen-bond donors (Lipinski definition) is 1. The number of amides is 1. The molecule has 1 N–H and O–H groups in total. The number of carbonyl (C=O) groups is 2. The molecular weight excluding hydrogens is 652 g/mol. The number of hydrogen-bond acceptors (Lipinski definition) is 8. The summed E-state index contributed by atoms with van der Waals surface area (Å²) < 4.78 is 4.23. The van der Waals surface area contributed by atoms with E-state index in [4.69, 9.17) is 5.10 Å². The number of para-hydroxylation sites is 1. The molecule has 0 radical (unpaired) electrons. The Labute approximate surface area is 271 Å². The summed E-state index contributed by atoms with van der Waals surface area (Å²) in [6.07, 6.45) is 4.63. The molecule has 2 saturated heterocycles. The molecule has 8 rings (SSSR count). The first-order chi connectivity index (χ1) is 22.3. The molecule has 12 nitrogen and oxygen atoms in total. The molecule has 3 aliphatic rings. The van der Waals surface area contributed by atoms with Crippen molar-refractivity contribution in [3.05, 3.63) is 122 Å². The molecule has 2 aromatic heterocycles. The Morgan fingerprint density at radius 3 is 2.70 bits per heavy atom. The number of nitro benzene ring substituents is 1. The summed E-state index contributed by atoms with van der Waals surface area (Å²) in [7, 11) is 0. The fraction of sp³-hybridized carbons (Fsp3) is 0.242. The molecule has 0 bridgehead atoms. The molecule has 4 atom stereocenters. The predicted octanol–water partition coefficient (Wildman–Crippen LogP) is 5.34. The number of nitrogens with one attached hydrogen (secondary N) is 1. The van der Waals surface area contributed by atoms with E-state index in [-0.39, 0.29) is 29.0 Å². The molecule has 3 aliphatic heterocycles. The minimum atomic E-state index is -1.37. The number of anilines is 1. The summed E-state index contributed by atoms with van der Waals surface area (Å²) in [5.41, 5.74) is 2.24. The third kappa shape index (κ3) is 3.97. The van der Waals surface area contributed by atoms with Crippen molar-refractivity contribution in [3.63, 3.8) is 0 Å². The van der Waals surface area contributed by atoms with E-state index in [1.165, 1.54) is 24.5 Å². The molecule has 230 valence electrons. The van der Waals surface area contributed by atoms with Crippen molar-refractivity contribution in [1.82, 2.24) is 29.4 Å². The number of aromatic nitrogens is 5. The van der Waals surface area contributed by atoms with Crippen molar-refractivity contribution in [2.75, 3.05) is 11.9 Å². The normalized spacial score (nSPS) is 23.4. The lowest BCUT2D eigenvalue weighted by Crippen LogP contribution is -2.52. The van der Waals surface area contributed by atoms with Gasteiger partial charge in [-0.15, -0.1) is 0 Å². The molecule has 1 spiro atoms. The Bertz CT molecular complexity index is 2050. The molecule has 0 saturated carbocycles. The molecule has 5 heterocycles. The van der Waals surface area contributed by atoms with E-state index >= 15 is 4.79 Å². The van der Waals surface area contributed by atoms with Gasteiger partial charge in [-0.05, 0) is 56.6 Å². The zero-order valence-electron chi connectivity index (χ0n) is 24.6. The van der Waals surface area contributed by atoms with E-state index in [1.807, 2.05) is 55.5 Å². The van der Waals surface area contributed by atoms with Crippen LogP contribution in [0.1, 0.15) is 45.9 Å². The predicted molar refractivity (Wildman–Crippen MR) is 171 cm³/mol. The molecule has 5 aromatic rings. The van der Waals surface area contributed by atoms with Crippen molar-refractivity contribution in [2.24, 2.45) is 5.92 Å². The second-order valence-electron chi connectivity index (χ2n) is 11.9. The first-order valence-corrected chi connectivity index (χ1v) is 15.8. The largest absolute Gasteiger partial charge is 0.324 e. The second-order valence-corrected chi connectivity index (χ2v) is 12.8. The quantitative estimate of drug-likeness (QED) is 0.144. The van der Waals surface area contributed by atoms with Gasteiger partial charge >= 0.3 is 0 Å². The van der Waals surface area contributed by atoms with Gasteiger partial charge in [0.25, 0.3) is 5.69 Å². The summed E-state index contributed by atoms with van der Waals surface area (Å²) >= 11 is 3.60. The van der Waals surface area contributed by atoms with Crippen LogP contribution in [0.2, 0.25) is 0 Å². The highest BCUT2D eigenvalue weighted by Gasteiger charge is 2.70. The van der Waals surface area contributed by atoms with E-state index in [1.54, 1.807) is 21.8 Å². The number of nitro groups is 1. The number of benzene rings is 3. The Morgan fingerprint density at radius 1 is 1.11 bits per heavy atom. The monoisotopic (exact) mass is 678 g/mol. The van der Waals surface area contributed by atoms with E-state index in [0.29, 0.717) is 29.3 Å². The van der Waals surface area contributed by atoms with Crippen molar-refractivity contribution >= 4 is 39.0 Å². The summed E-state index contributed by atoms with van der Waals surface area (Å²) in [5, 5.41) is 24.4. The zero-order valence-corrected chi connectivity index (χ0v) is 26.2. The van der Waals surface area contributed by atoms with E-state index in [2.05, 4.69) is 36.2 Å². The topological polar surface area (TPSA) is 141 Å². The molecule has 0 aliphatic carbocycles. The fourth-order valence-electron chi connectivity index (χ4n) is 8.01. The Hall–Kier alpha value is -5.01. The van der Waals surface area contributed by atoms with Crippen LogP contribution in [-0.2, 0) is 10.3 Å². The standard InChI is InChI=1S/C33H27BrN8O4/c1-19-27(31(40-18-35-17-36-40)41(38-19)22-8-3-2-4-9-22)28-26-11-6-14-39(26)33(24-16-21(34)12-13-25(24)37-32(33)44)29(28)30(43)20-7-5-10-23(15-20)42(45)46/h2-5,7-10,12-13,15-18,26,28-29H,6,11,14H2,1H3,(H,37,44). The summed E-state index contributed by atoms with van der Waals surface area (Å²) in [6.45, 7) is 2.51. The third-order valence-electron chi connectivity index (χ3n) is 9.64. The highest BCUT2D eigenvalue weighted by molar-refractivity contribution is 9.10. The van der Waals surface area contributed by atoms with Crippen LogP contribution >= 0.6 is 15.9 Å². The lowest BCUT2D eigenvalue weighted by Gasteiger charge is -2.37. The van der Waals surface area contributed by atoms with Gasteiger partial charge in [0.2, 0.25) is 5.91 Å². The van der Waals surface area contributed by atoms with Gasteiger partial charge in [-0.3, -0.25) is 24.6 Å². The van der Waals surface area contributed by atoms with Gasteiger partial charge in [-0.25, -0.2) is 14.3 Å². The lowest BCUT2D eigenvalue weighted by atomic mass is 9.68. The van der Waals surface area contributed by atoms with Crippen LogP contribution in [0.25, 0.3) is 11.5 Å². The number of carbonyl (C=O) groups excluding carboxylic acids is 2. The number of aryl methyl sites for hydroxylation is 1. The Balaban J connectivity index is 1.43. The van der Waals surface area contributed by atoms with Crippen molar-refractivity contribution < 1.29 is 14.5 Å². The average Bonchev–Trinajstić information content (AvgIpc) is 3.88. The summed E-state index contributed by atoms with van der Waals surface area (Å²) in [6, 6.07) is 20.9. The summed E-state index contributed by atoms with van der Waals surface area (Å²) in [4.78, 5) is 47.4. The number of rotatable bonds is 6. The van der Waals surface area contributed by atoms with Crippen LogP contribution in [0.4, 0.5) is 11.4 Å². The van der Waals surface area contributed by atoms with Gasteiger partial charge in [0.15, 0.2) is 11.6 Å². The Kier molecular flexibility index (Phi) is 6.51. The maximum absolute atomic E-state index is 15.1. The van der Waals surface area contributed by atoms with E-state index in [0.717, 1.165) is 28.6 Å². The van der Waals surface area contributed by atoms with Crippen molar-refractivity contribution in [3.8, 4) is 11.5 Å². The van der Waals surface area contributed by atoms with Gasteiger partial charge in [-0.1, -0.05) is 46.3 Å². The van der Waals surface area contributed by atoms with Crippen molar-refractivity contribution in [2.45, 2.75) is 37.3 Å².